The second-order valence-electron chi connectivity index (χ2n) is 4.61. The zero-order chi connectivity index (χ0) is 16.2. The molecule has 0 radical (unpaired) electrons. The van der Waals surface area contributed by atoms with Crippen LogP contribution in [0.5, 0.6) is 0 Å². The number of benzene rings is 1. The second-order valence-corrected chi connectivity index (χ2v) is 6.33. The molecule has 2 rings (SSSR count). The lowest BCUT2D eigenvalue weighted by Gasteiger charge is -2.13. The SMILES string of the molecule is COC(=O)c1ccc(S(=O)(=O)N[C@H](C)c2ccccn2)cc1. The molecule has 0 bridgehead atoms. The molecule has 1 atom stereocenters. The van der Waals surface area contributed by atoms with Gasteiger partial charge in [-0.2, -0.15) is 0 Å². The van der Waals surface area contributed by atoms with E-state index in [9.17, 15) is 13.2 Å². The fourth-order valence-electron chi connectivity index (χ4n) is 1.88. The van der Waals surface area contributed by atoms with Crippen molar-refractivity contribution in [3.05, 3.63) is 59.9 Å². The standard InChI is InChI=1S/C15H16N2O4S/c1-11(14-5-3-4-10-16-14)17-22(19,20)13-8-6-12(7-9-13)15(18)21-2/h3-11,17H,1-2H3/t11-/m1/s1. The van der Waals surface area contributed by atoms with Crippen molar-refractivity contribution in [2.45, 2.75) is 17.9 Å². The van der Waals surface area contributed by atoms with Gasteiger partial charge in [0.2, 0.25) is 10.0 Å². The van der Waals surface area contributed by atoms with Crippen LogP contribution in [0.4, 0.5) is 0 Å². The highest BCUT2D eigenvalue weighted by Crippen LogP contribution is 2.16. The molecule has 0 saturated carbocycles. The molecular formula is C15H16N2O4S. The zero-order valence-corrected chi connectivity index (χ0v) is 13.0. The van der Waals surface area contributed by atoms with Crippen molar-refractivity contribution in [3.8, 4) is 0 Å². The van der Waals surface area contributed by atoms with Crippen molar-refractivity contribution < 1.29 is 17.9 Å². The van der Waals surface area contributed by atoms with Crippen LogP contribution in [0.2, 0.25) is 0 Å². The molecule has 116 valence electrons. The molecule has 0 spiro atoms. The summed E-state index contributed by atoms with van der Waals surface area (Å²) in [7, 11) is -2.43. The third-order valence-corrected chi connectivity index (χ3v) is 4.61. The van der Waals surface area contributed by atoms with E-state index in [4.69, 9.17) is 0 Å². The lowest BCUT2D eigenvalue weighted by Crippen LogP contribution is -2.27. The van der Waals surface area contributed by atoms with Crippen LogP contribution in [0, 0.1) is 0 Å². The van der Waals surface area contributed by atoms with Crippen LogP contribution in [0.15, 0.2) is 53.6 Å². The van der Waals surface area contributed by atoms with Crippen molar-refractivity contribution in [1.29, 1.82) is 0 Å². The summed E-state index contributed by atoms with van der Waals surface area (Å²) in [5.41, 5.74) is 0.913. The number of methoxy groups -OCH3 is 1. The minimum Gasteiger partial charge on any atom is -0.465 e. The highest BCUT2D eigenvalue weighted by molar-refractivity contribution is 7.89. The quantitative estimate of drug-likeness (QED) is 0.851. The summed E-state index contributed by atoms with van der Waals surface area (Å²) in [6.07, 6.45) is 1.60. The molecule has 1 aromatic carbocycles. The third kappa shape index (κ3) is 3.69. The summed E-state index contributed by atoms with van der Waals surface area (Å²) in [5, 5.41) is 0. The number of ether oxygens (including phenoxy) is 1. The van der Waals surface area contributed by atoms with Crippen LogP contribution < -0.4 is 4.72 Å². The Kier molecular flexibility index (Phi) is 4.89. The number of carbonyl (C=O) groups excluding carboxylic acids is 1. The Labute approximate surface area is 129 Å². The molecule has 7 heteroatoms. The van der Waals surface area contributed by atoms with E-state index >= 15 is 0 Å². The van der Waals surface area contributed by atoms with Crippen LogP contribution in [-0.2, 0) is 14.8 Å². The Balaban J connectivity index is 2.18. The minimum atomic E-state index is -3.70. The molecule has 0 aliphatic carbocycles. The Morgan fingerprint density at radius 2 is 1.86 bits per heavy atom. The number of carbonyl (C=O) groups is 1. The molecule has 0 amide bonds. The number of rotatable bonds is 5. The predicted molar refractivity (Wildman–Crippen MR) is 80.8 cm³/mol. The number of nitrogens with zero attached hydrogens (tertiary/aromatic N) is 1. The van der Waals surface area contributed by atoms with Crippen LogP contribution >= 0.6 is 0 Å². The second kappa shape index (κ2) is 6.67. The van der Waals surface area contributed by atoms with E-state index in [0.717, 1.165) is 0 Å². The van der Waals surface area contributed by atoms with Crippen LogP contribution in [-0.4, -0.2) is 26.5 Å². The molecule has 0 aliphatic heterocycles. The van der Waals surface area contributed by atoms with Crippen LogP contribution in [0.3, 0.4) is 0 Å². The van der Waals surface area contributed by atoms with Crippen molar-refractivity contribution in [3.63, 3.8) is 0 Å². The van der Waals surface area contributed by atoms with Gasteiger partial charge in [-0.15, -0.1) is 0 Å². The Morgan fingerprint density at radius 1 is 1.18 bits per heavy atom. The molecule has 0 unspecified atom stereocenters. The molecule has 22 heavy (non-hydrogen) atoms. The average Bonchev–Trinajstić information content (AvgIpc) is 2.54. The molecule has 6 nitrogen and oxygen atoms in total. The molecule has 0 saturated heterocycles. The zero-order valence-electron chi connectivity index (χ0n) is 12.2. The molecule has 0 aliphatic rings. The maximum atomic E-state index is 12.3. The van der Waals surface area contributed by atoms with E-state index in [1.165, 1.54) is 31.4 Å². The molecule has 1 N–H and O–H groups in total. The number of hydrogen-bond donors (Lipinski definition) is 1. The van der Waals surface area contributed by atoms with Gasteiger partial charge >= 0.3 is 5.97 Å². The van der Waals surface area contributed by atoms with E-state index in [2.05, 4.69) is 14.4 Å². The van der Waals surface area contributed by atoms with Gasteiger partial charge < -0.3 is 4.74 Å². The minimum absolute atomic E-state index is 0.0722. The molecule has 0 fully saturated rings. The number of nitrogens with one attached hydrogen (secondary N) is 1. The summed E-state index contributed by atoms with van der Waals surface area (Å²) >= 11 is 0. The number of sulfonamides is 1. The van der Waals surface area contributed by atoms with Gasteiger partial charge in [0.25, 0.3) is 0 Å². The van der Waals surface area contributed by atoms with Crippen LogP contribution in [0.1, 0.15) is 29.0 Å². The lowest BCUT2D eigenvalue weighted by atomic mass is 10.2. The van der Waals surface area contributed by atoms with Gasteiger partial charge in [0, 0.05) is 6.20 Å². The highest BCUT2D eigenvalue weighted by atomic mass is 32.2. The maximum Gasteiger partial charge on any atom is 0.337 e. The Hall–Kier alpha value is -2.25. The lowest BCUT2D eigenvalue weighted by molar-refractivity contribution is 0.0600. The first-order chi connectivity index (χ1) is 10.4. The summed E-state index contributed by atoms with van der Waals surface area (Å²) in [6, 6.07) is 10.4. The molecular weight excluding hydrogens is 304 g/mol. The molecule has 1 heterocycles. The Morgan fingerprint density at radius 3 is 2.41 bits per heavy atom. The summed E-state index contributed by atoms with van der Waals surface area (Å²) < 4.78 is 31.7. The van der Waals surface area contributed by atoms with Crippen molar-refractivity contribution in [1.82, 2.24) is 9.71 Å². The highest BCUT2D eigenvalue weighted by Gasteiger charge is 2.19. The first-order valence-electron chi connectivity index (χ1n) is 6.55. The summed E-state index contributed by atoms with van der Waals surface area (Å²) in [5.74, 6) is -0.515. The van der Waals surface area contributed by atoms with Crippen molar-refractivity contribution in [2.75, 3.05) is 7.11 Å². The van der Waals surface area contributed by atoms with E-state index in [0.29, 0.717) is 11.3 Å². The number of aromatic nitrogens is 1. The largest absolute Gasteiger partial charge is 0.465 e. The van der Waals surface area contributed by atoms with Crippen LogP contribution in [0.25, 0.3) is 0 Å². The van der Waals surface area contributed by atoms with Gasteiger partial charge in [-0.05, 0) is 43.3 Å². The predicted octanol–water partition coefficient (Wildman–Crippen LogP) is 1.91. The normalized spacial score (nSPS) is 12.6. The van der Waals surface area contributed by atoms with E-state index in [1.54, 1.807) is 31.3 Å². The fourth-order valence-corrected chi connectivity index (χ4v) is 3.10. The van der Waals surface area contributed by atoms with Gasteiger partial charge in [0.1, 0.15) is 0 Å². The number of pyridine rings is 1. The number of esters is 1. The molecule has 2 aromatic rings. The molecule has 1 aromatic heterocycles. The number of hydrogen-bond acceptors (Lipinski definition) is 5. The average molecular weight is 320 g/mol. The first kappa shape index (κ1) is 16.1. The first-order valence-corrected chi connectivity index (χ1v) is 8.04. The smallest absolute Gasteiger partial charge is 0.337 e. The topological polar surface area (TPSA) is 85.4 Å². The summed E-state index contributed by atoms with van der Waals surface area (Å²) in [6.45, 7) is 1.71. The van der Waals surface area contributed by atoms with Gasteiger partial charge in [0.15, 0.2) is 0 Å². The monoisotopic (exact) mass is 320 g/mol. The fraction of sp³-hybridized carbons (Fsp3) is 0.200. The van der Waals surface area contributed by atoms with E-state index in [-0.39, 0.29) is 4.90 Å². The van der Waals surface area contributed by atoms with E-state index < -0.39 is 22.0 Å². The van der Waals surface area contributed by atoms with Gasteiger partial charge in [-0.1, -0.05) is 6.07 Å². The van der Waals surface area contributed by atoms with Gasteiger partial charge in [-0.3, -0.25) is 4.98 Å². The third-order valence-electron chi connectivity index (χ3n) is 3.05. The van der Waals surface area contributed by atoms with Gasteiger partial charge in [0.05, 0.1) is 29.3 Å². The van der Waals surface area contributed by atoms with Crippen molar-refractivity contribution >= 4 is 16.0 Å². The van der Waals surface area contributed by atoms with E-state index in [1.807, 2.05) is 0 Å². The van der Waals surface area contributed by atoms with Gasteiger partial charge in [-0.25, -0.2) is 17.9 Å². The summed E-state index contributed by atoms with van der Waals surface area (Å²) in [4.78, 5) is 15.5. The maximum absolute atomic E-state index is 12.3. The Bertz CT molecular complexity index is 743. The van der Waals surface area contributed by atoms with Crippen molar-refractivity contribution in [2.24, 2.45) is 0 Å².